The van der Waals surface area contributed by atoms with E-state index in [0.717, 1.165) is 10.2 Å². The Bertz CT molecular complexity index is 564. The summed E-state index contributed by atoms with van der Waals surface area (Å²) >= 11 is 6.86. The quantitative estimate of drug-likeness (QED) is 0.505. The molecular formula is C11H7ClN2OS. The van der Waals surface area contributed by atoms with E-state index in [0.29, 0.717) is 5.01 Å². The largest absolute Gasteiger partial charge is 0.510 e. The highest BCUT2D eigenvalue weighted by Gasteiger charge is 2.12. The average Bonchev–Trinajstić information content (AvgIpc) is 2.72. The van der Waals surface area contributed by atoms with E-state index in [4.69, 9.17) is 16.9 Å². The molecule has 0 radical (unpaired) electrons. The first-order valence-electron chi connectivity index (χ1n) is 4.50. The lowest BCUT2D eigenvalue weighted by Gasteiger charge is -1.95. The summed E-state index contributed by atoms with van der Waals surface area (Å²) in [5, 5.41) is 18.9. The molecule has 16 heavy (non-hydrogen) atoms. The molecule has 2 aromatic rings. The zero-order chi connectivity index (χ0) is 11.5. The van der Waals surface area contributed by atoms with Crippen LogP contribution in [0.3, 0.4) is 0 Å². The molecular weight excluding hydrogens is 244 g/mol. The first-order valence-corrected chi connectivity index (χ1v) is 5.85. The summed E-state index contributed by atoms with van der Waals surface area (Å²) in [5.41, 5.74) is 0.967. The van der Waals surface area contributed by atoms with E-state index in [1.54, 1.807) is 0 Å². The van der Waals surface area contributed by atoms with Crippen molar-refractivity contribution in [2.75, 3.05) is 5.88 Å². The summed E-state index contributed by atoms with van der Waals surface area (Å²) < 4.78 is 0.979. The van der Waals surface area contributed by atoms with Crippen LogP contribution in [0.2, 0.25) is 0 Å². The molecule has 2 rings (SSSR count). The summed E-state index contributed by atoms with van der Waals surface area (Å²) in [6, 6.07) is 9.49. The molecule has 0 bridgehead atoms. The molecule has 0 aliphatic rings. The summed E-state index contributed by atoms with van der Waals surface area (Å²) in [6.45, 7) is 0. The van der Waals surface area contributed by atoms with Crippen molar-refractivity contribution < 1.29 is 5.11 Å². The number of aliphatic hydroxyl groups is 1. The maximum atomic E-state index is 9.49. The molecule has 0 atom stereocenters. The van der Waals surface area contributed by atoms with Gasteiger partial charge in [0.2, 0.25) is 0 Å². The second-order valence-electron chi connectivity index (χ2n) is 3.05. The Kier molecular flexibility index (Phi) is 3.09. The van der Waals surface area contributed by atoms with E-state index in [1.807, 2.05) is 30.3 Å². The number of halogens is 1. The topological polar surface area (TPSA) is 56.9 Å². The van der Waals surface area contributed by atoms with Gasteiger partial charge in [-0.3, -0.25) is 0 Å². The molecule has 1 N–H and O–H groups in total. The maximum absolute atomic E-state index is 9.49. The molecule has 0 aliphatic heterocycles. The van der Waals surface area contributed by atoms with Crippen LogP contribution in [0.4, 0.5) is 0 Å². The SMILES string of the molecule is N#C/C(=C(/O)CCl)c1nc2ccccc2s1. The Morgan fingerprint density at radius 1 is 1.50 bits per heavy atom. The van der Waals surface area contributed by atoms with Gasteiger partial charge < -0.3 is 5.11 Å². The van der Waals surface area contributed by atoms with Crippen LogP contribution in [0.5, 0.6) is 0 Å². The van der Waals surface area contributed by atoms with E-state index < -0.39 is 0 Å². The molecule has 0 fully saturated rings. The molecule has 0 aliphatic carbocycles. The number of benzene rings is 1. The van der Waals surface area contributed by atoms with Crippen molar-refractivity contribution in [1.82, 2.24) is 4.98 Å². The lowest BCUT2D eigenvalue weighted by Crippen LogP contribution is -1.89. The number of thiazole rings is 1. The minimum absolute atomic E-state index is 0.0845. The monoisotopic (exact) mass is 250 g/mol. The standard InChI is InChI=1S/C11H7ClN2OS/c12-5-9(15)7(6-13)11-14-8-3-1-2-4-10(8)16-11/h1-4,15H,5H2/b9-7-. The van der Waals surface area contributed by atoms with Gasteiger partial charge >= 0.3 is 0 Å². The van der Waals surface area contributed by atoms with Gasteiger partial charge in [0.25, 0.3) is 0 Å². The fourth-order valence-electron chi connectivity index (χ4n) is 1.28. The number of hydrogen-bond acceptors (Lipinski definition) is 4. The summed E-state index contributed by atoms with van der Waals surface area (Å²) in [6.07, 6.45) is 0. The molecule has 1 aromatic heterocycles. The second kappa shape index (κ2) is 4.52. The molecule has 1 aromatic carbocycles. The number of allylic oxidation sites excluding steroid dienone is 2. The predicted octanol–water partition coefficient (Wildman–Crippen LogP) is 3.33. The smallest absolute Gasteiger partial charge is 0.138 e. The van der Waals surface area contributed by atoms with Gasteiger partial charge in [0.1, 0.15) is 22.4 Å². The number of fused-ring (bicyclic) bond motifs is 1. The van der Waals surface area contributed by atoms with Crippen LogP contribution < -0.4 is 0 Å². The highest BCUT2D eigenvalue weighted by Crippen LogP contribution is 2.28. The van der Waals surface area contributed by atoms with Crippen LogP contribution in [0.25, 0.3) is 15.8 Å². The lowest BCUT2D eigenvalue weighted by atomic mass is 10.2. The van der Waals surface area contributed by atoms with Gasteiger partial charge in [-0.25, -0.2) is 4.98 Å². The molecule has 0 spiro atoms. The van der Waals surface area contributed by atoms with E-state index in [2.05, 4.69) is 4.98 Å². The van der Waals surface area contributed by atoms with Crippen molar-refractivity contribution in [1.29, 1.82) is 5.26 Å². The minimum atomic E-state index is -0.136. The number of aromatic nitrogens is 1. The number of aliphatic hydroxyl groups excluding tert-OH is 1. The number of nitrogens with zero attached hydrogens (tertiary/aromatic N) is 2. The third kappa shape index (κ3) is 1.87. The molecule has 0 saturated carbocycles. The fourth-order valence-corrected chi connectivity index (χ4v) is 2.40. The lowest BCUT2D eigenvalue weighted by molar-refractivity contribution is 0.420. The van der Waals surface area contributed by atoms with E-state index in [-0.39, 0.29) is 17.2 Å². The van der Waals surface area contributed by atoms with Crippen molar-refractivity contribution in [2.45, 2.75) is 0 Å². The first kappa shape index (κ1) is 10.9. The molecule has 1 heterocycles. The van der Waals surface area contributed by atoms with Crippen LogP contribution in [0.1, 0.15) is 5.01 Å². The van der Waals surface area contributed by atoms with Crippen molar-refractivity contribution >= 4 is 38.7 Å². The highest BCUT2D eigenvalue weighted by molar-refractivity contribution is 7.19. The Morgan fingerprint density at radius 2 is 2.25 bits per heavy atom. The molecule has 80 valence electrons. The Hall–Kier alpha value is -1.57. The van der Waals surface area contributed by atoms with E-state index in [1.165, 1.54) is 11.3 Å². The summed E-state index contributed by atoms with van der Waals surface area (Å²) in [4.78, 5) is 4.27. The van der Waals surface area contributed by atoms with E-state index in [9.17, 15) is 5.11 Å². The predicted molar refractivity (Wildman–Crippen MR) is 65.5 cm³/mol. The maximum Gasteiger partial charge on any atom is 0.138 e. The number of hydrogen-bond donors (Lipinski definition) is 1. The van der Waals surface area contributed by atoms with E-state index >= 15 is 0 Å². The van der Waals surface area contributed by atoms with Gasteiger partial charge in [-0.15, -0.1) is 22.9 Å². The van der Waals surface area contributed by atoms with Gasteiger partial charge in [-0.05, 0) is 12.1 Å². The van der Waals surface area contributed by atoms with Crippen LogP contribution in [0.15, 0.2) is 30.0 Å². The van der Waals surface area contributed by atoms with Crippen LogP contribution >= 0.6 is 22.9 Å². The normalized spacial score (nSPS) is 12.2. The summed E-state index contributed by atoms with van der Waals surface area (Å²) in [5.74, 6) is -0.220. The first-order chi connectivity index (χ1) is 7.76. The minimum Gasteiger partial charge on any atom is -0.510 e. The third-order valence-corrected chi connectivity index (χ3v) is 3.34. The fraction of sp³-hybridized carbons (Fsp3) is 0.0909. The zero-order valence-corrected chi connectivity index (χ0v) is 9.72. The molecule has 0 unspecified atom stereocenters. The molecule has 0 amide bonds. The van der Waals surface area contributed by atoms with Gasteiger partial charge in [0, 0.05) is 0 Å². The van der Waals surface area contributed by atoms with Crippen molar-refractivity contribution in [3.05, 3.63) is 35.0 Å². The number of nitriles is 1. The van der Waals surface area contributed by atoms with Gasteiger partial charge in [0.15, 0.2) is 0 Å². The van der Waals surface area contributed by atoms with Crippen molar-refractivity contribution in [3.8, 4) is 6.07 Å². The number of alkyl halides is 1. The van der Waals surface area contributed by atoms with Crippen LogP contribution in [-0.2, 0) is 0 Å². The molecule has 0 saturated heterocycles. The van der Waals surface area contributed by atoms with Crippen LogP contribution in [0, 0.1) is 11.3 Å². The zero-order valence-electron chi connectivity index (χ0n) is 8.14. The Morgan fingerprint density at radius 3 is 2.88 bits per heavy atom. The summed E-state index contributed by atoms with van der Waals surface area (Å²) in [7, 11) is 0. The van der Waals surface area contributed by atoms with Crippen molar-refractivity contribution in [2.24, 2.45) is 0 Å². The Labute approximate surface area is 101 Å². The molecule has 3 nitrogen and oxygen atoms in total. The number of rotatable bonds is 2. The highest BCUT2D eigenvalue weighted by atomic mass is 35.5. The van der Waals surface area contributed by atoms with Gasteiger partial charge in [-0.1, -0.05) is 12.1 Å². The number of para-hydroxylation sites is 1. The van der Waals surface area contributed by atoms with Gasteiger partial charge in [0.05, 0.1) is 16.1 Å². The second-order valence-corrected chi connectivity index (χ2v) is 4.35. The third-order valence-electron chi connectivity index (χ3n) is 2.03. The Balaban J connectivity index is 2.60. The average molecular weight is 251 g/mol. The van der Waals surface area contributed by atoms with Gasteiger partial charge in [-0.2, -0.15) is 5.26 Å². The van der Waals surface area contributed by atoms with Crippen LogP contribution in [-0.4, -0.2) is 16.0 Å². The molecule has 5 heteroatoms. The van der Waals surface area contributed by atoms with Crippen molar-refractivity contribution in [3.63, 3.8) is 0 Å².